The highest BCUT2D eigenvalue weighted by Gasteiger charge is 2.10. The highest BCUT2D eigenvalue weighted by atomic mass is 16.3. The molecule has 0 spiro atoms. The Balaban J connectivity index is 2.14. The van der Waals surface area contributed by atoms with Gasteiger partial charge in [0.05, 0.1) is 0 Å². The summed E-state index contributed by atoms with van der Waals surface area (Å²) in [6.07, 6.45) is 5.78. The molecule has 4 rings (SSSR count). The second-order valence-corrected chi connectivity index (χ2v) is 5.11. The minimum absolute atomic E-state index is 0.928. The number of furan rings is 1. The van der Waals surface area contributed by atoms with E-state index in [9.17, 15) is 0 Å². The Labute approximate surface area is 122 Å². The van der Waals surface area contributed by atoms with Gasteiger partial charge < -0.3 is 4.42 Å². The van der Waals surface area contributed by atoms with Gasteiger partial charge in [-0.1, -0.05) is 61.2 Å². The third-order valence-electron chi connectivity index (χ3n) is 3.81. The van der Waals surface area contributed by atoms with Crippen LogP contribution in [0.15, 0.2) is 77.7 Å². The maximum atomic E-state index is 5.98. The van der Waals surface area contributed by atoms with Crippen LogP contribution in [0.4, 0.5) is 0 Å². The average Bonchev–Trinajstić information content (AvgIpc) is 2.91. The van der Waals surface area contributed by atoms with Gasteiger partial charge in [-0.3, -0.25) is 0 Å². The van der Waals surface area contributed by atoms with Gasteiger partial charge in [-0.15, -0.1) is 0 Å². The first-order valence-electron chi connectivity index (χ1n) is 7.00. The molecule has 0 bridgehead atoms. The van der Waals surface area contributed by atoms with Gasteiger partial charge in [-0.25, -0.2) is 0 Å². The first-order valence-corrected chi connectivity index (χ1v) is 7.00. The molecule has 0 atom stereocenters. The van der Waals surface area contributed by atoms with Crippen molar-refractivity contribution in [1.29, 1.82) is 0 Å². The van der Waals surface area contributed by atoms with Crippen molar-refractivity contribution >= 4 is 38.8 Å². The molecular weight excluding hydrogens is 256 g/mol. The molecule has 0 N–H and O–H groups in total. The monoisotopic (exact) mass is 270 g/mol. The zero-order valence-corrected chi connectivity index (χ0v) is 11.5. The van der Waals surface area contributed by atoms with Crippen LogP contribution in [-0.4, -0.2) is 0 Å². The quantitative estimate of drug-likeness (QED) is 0.411. The highest BCUT2D eigenvalue weighted by Crippen LogP contribution is 2.35. The molecule has 0 aliphatic heterocycles. The van der Waals surface area contributed by atoms with Crippen LogP contribution in [0.5, 0.6) is 0 Å². The van der Waals surface area contributed by atoms with E-state index in [1.807, 2.05) is 12.1 Å². The van der Waals surface area contributed by atoms with Crippen LogP contribution < -0.4 is 0 Å². The average molecular weight is 270 g/mol. The summed E-state index contributed by atoms with van der Waals surface area (Å²) in [6, 6.07) is 18.9. The Morgan fingerprint density at radius 3 is 2.62 bits per heavy atom. The van der Waals surface area contributed by atoms with Crippen LogP contribution in [0.1, 0.15) is 5.56 Å². The van der Waals surface area contributed by atoms with Crippen LogP contribution in [0, 0.1) is 0 Å². The van der Waals surface area contributed by atoms with E-state index >= 15 is 0 Å². The summed E-state index contributed by atoms with van der Waals surface area (Å²) in [5, 5.41) is 4.82. The van der Waals surface area contributed by atoms with Crippen LogP contribution in [0.2, 0.25) is 0 Å². The molecule has 0 aliphatic rings. The van der Waals surface area contributed by atoms with Gasteiger partial charge in [0.1, 0.15) is 11.2 Å². The molecule has 3 aromatic carbocycles. The van der Waals surface area contributed by atoms with Gasteiger partial charge in [0.25, 0.3) is 0 Å². The lowest BCUT2D eigenvalue weighted by molar-refractivity contribution is 0.669. The summed E-state index contributed by atoms with van der Waals surface area (Å²) in [6.45, 7) is 3.71. The molecular formula is C20H14O. The summed E-state index contributed by atoms with van der Waals surface area (Å²) in [4.78, 5) is 0. The molecule has 1 heterocycles. The minimum atomic E-state index is 0.928. The molecule has 1 nitrogen and oxygen atoms in total. The lowest BCUT2D eigenvalue weighted by Crippen LogP contribution is -1.75. The van der Waals surface area contributed by atoms with Crippen molar-refractivity contribution in [3.8, 4) is 0 Å². The van der Waals surface area contributed by atoms with Crippen LogP contribution in [0.3, 0.4) is 0 Å². The summed E-state index contributed by atoms with van der Waals surface area (Å²) in [5.74, 6) is 0. The van der Waals surface area contributed by atoms with E-state index in [0.29, 0.717) is 0 Å². The predicted molar refractivity (Wildman–Crippen MR) is 90.5 cm³/mol. The summed E-state index contributed by atoms with van der Waals surface area (Å²) in [7, 11) is 0. The number of benzene rings is 3. The minimum Gasteiger partial charge on any atom is -0.456 e. The molecule has 0 radical (unpaired) electrons. The standard InChI is InChI=1S/C20H14O/c1-2-3-6-14-9-11-18-17(13-14)20-16-8-5-4-7-15(16)10-12-19(20)21-18/h2-13H,1H2/b6-3-. The number of hydrogen-bond acceptors (Lipinski definition) is 1. The second kappa shape index (κ2) is 4.64. The first-order chi connectivity index (χ1) is 10.4. The van der Waals surface area contributed by atoms with Gasteiger partial charge in [0.2, 0.25) is 0 Å². The van der Waals surface area contributed by atoms with Crippen LogP contribution in [0.25, 0.3) is 38.8 Å². The van der Waals surface area contributed by atoms with E-state index in [2.05, 4.69) is 61.2 Å². The SMILES string of the molecule is C=C/C=C\c1ccc2oc3ccc4ccccc4c3c2c1. The van der Waals surface area contributed by atoms with Crippen LogP contribution >= 0.6 is 0 Å². The van der Waals surface area contributed by atoms with Gasteiger partial charge in [0, 0.05) is 10.8 Å². The topological polar surface area (TPSA) is 13.1 Å². The second-order valence-electron chi connectivity index (χ2n) is 5.11. The van der Waals surface area contributed by atoms with E-state index < -0.39 is 0 Å². The molecule has 0 unspecified atom stereocenters. The summed E-state index contributed by atoms with van der Waals surface area (Å²) in [5.41, 5.74) is 3.02. The Bertz CT molecular complexity index is 1000. The van der Waals surface area contributed by atoms with Gasteiger partial charge in [-0.2, -0.15) is 0 Å². The normalized spacial score (nSPS) is 11.8. The fourth-order valence-electron chi connectivity index (χ4n) is 2.85. The first kappa shape index (κ1) is 12.0. The third kappa shape index (κ3) is 1.86. The number of rotatable bonds is 2. The molecule has 0 fully saturated rings. The third-order valence-corrected chi connectivity index (χ3v) is 3.81. The molecule has 0 aliphatic carbocycles. The van der Waals surface area contributed by atoms with Crippen molar-refractivity contribution in [2.24, 2.45) is 0 Å². The van der Waals surface area contributed by atoms with E-state index in [0.717, 1.165) is 22.1 Å². The maximum absolute atomic E-state index is 5.98. The largest absolute Gasteiger partial charge is 0.456 e. The molecule has 4 aromatic rings. The Kier molecular flexibility index (Phi) is 2.65. The lowest BCUT2D eigenvalue weighted by Gasteiger charge is -1.99. The van der Waals surface area contributed by atoms with E-state index in [1.165, 1.54) is 16.2 Å². The van der Waals surface area contributed by atoms with Crippen molar-refractivity contribution in [3.63, 3.8) is 0 Å². The Morgan fingerprint density at radius 2 is 1.71 bits per heavy atom. The number of allylic oxidation sites excluding steroid dienone is 2. The summed E-state index contributed by atoms with van der Waals surface area (Å²) >= 11 is 0. The van der Waals surface area contributed by atoms with Crippen molar-refractivity contribution < 1.29 is 4.42 Å². The number of fused-ring (bicyclic) bond motifs is 5. The molecule has 21 heavy (non-hydrogen) atoms. The fourth-order valence-corrected chi connectivity index (χ4v) is 2.85. The smallest absolute Gasteiger partial charge is 0.136 e. The van der Waals surface area contributed by atoms with Crippen molar-refractivity contribution in [3.05, 3.63) is 78.9 Å². The van der Waals surface area contributed by atoms with Gasteiger partial charge >= 0.3 is 0 Å². The molecule has 1 heteroatoms. The van der Waals surface area contributed by atoms with Gasteiger partial charge in [-0.05, 0) is 34.5 Å². The zero-order chi connectivity index (χ0) is 14.2. The van der Waals surface area contributed by atoms with E-state index in [1.54, 1.807) is 6.08 Å². The Hall–Kier alpha value is -2.80. The van der Waals surface area contributed by atoms with Crippen molar-refractivity contribution in [2.45, 2.75) is 0 Å². The van der Waals surface area contributed by atoms with Gasteiger partial charge in [0.15, 0.2) is 0 Å². The predicted octanol–water partition coefficient (Wildman–Crippen LogP) is 5.94. The van der Waals surface area contributed by atoms with Crippen LogP contribution in [-0.2, 0) is 0 Å². The lowest BCUT2D eigenvalue weighted by atomic mass is 10.0. The highest BCUT2D eigenvalue weighted by molar-refractivity contribution is 6.18. The molecule has 1 aromatic heterocycles. The molecule has 0 saturated carbocycles. The van der Waals surface area contributed by atoms with Crippen molar-refractivity contribution in [2.75, 3.05) is 0 Å². The molecule has 100 valence electrons. The fraction of sp³-hybridized carbons (Fsp3) is 0. The number of hydrogen-bond donors (Lipinski definition) is 0. The summed E-state index contributed by atoms with van der Waals surface area (Å²) < 4.78 is 5.98. The molecule has 0 amide bonds. The van der Waals surface area contributed by atoms with Crippen molar-refractivity contribution in [1.82, 2.24) is 0 Å². The molecule has 0 saturated heterocycles. The zero-order valence-electron chi connectivity index (χ0n) is 11.5. The van der Waals surface area contributed by atoms with E-state index in [-0.39, 0.29) is 0 Å². The Morgan fingerprint density at radius 1 is 0.857 bits per heavy atom. The van der Waals surface area contributed by atoms with E-state index in [4.69, 9.17) is 4.42 Å². The maximum Gasteiger partial charge on any atom is 0.136 e.